The largest absolute Gasteiger partial charge is 0.325 e. The van der Waals surface area contributed by atoms with E-state index in [1.807, 2.05) is 32.0 Å². The minimum absolute atomic E-state index is 0.0244. The van der Waals surface area contributed by atoms with E-state index in [0.29, 0.717) is 0 Å². The monoisotopic (exact) mass is 298 g/mol. The first-order chi connectivity index (χ1) is 10.5. The number of hydrogen-bond acceptors (Lipinski definition) is 3. The van der Waals surface area contributed by atoms with Gasteiger partial charge in [0.05, 0.1) is 11.3 Å². The van der Waals surface area contributed by atoms with Gasteiger partial charge in [0.25, 0.3) is 5.69 Å². The van der Waals surface area contributed by atoms with Gasteiger partial charge in [-0.15, -0.1) is 0 Å². The van der Waals surface area contributed by atoms with E-state index in [4.69, 9.17) is 0 Å². The third-order valence-corrected chi connectivity index (χ3v) is 3.52. The average molecular weight is 298 g/mol. The summed E-state index contributed by atoms with van der Waals surface area (Å²) >= 11 is 0. The van der Waals surface area contributed by atoms with E-state index in [9.17, 15) is 14.9 Å². The van der Waals surface area contributed by atoms with Gasteiger partial charge < -0.3 is 5.32 Å². The molecule has 0 atom stereocenters. The van der Waals surface area contributed by atoms with E-state index in [1.165, 1.54) is 12.1 Å². The SMILES string of the molecule is CCc1cccc(C)c1NC(=O)Cc1ccc([N+](=O)[O-])cc1. The number of nitro benzene ring substituents is 1. The van der Waals surface area contributed by atoms with Crippen LogP contribution < -0.4 is 5.32 Å². The van der Waals surface area contributed by atoms with Crippen LogP contribution in [0.3, 0.4) is 0 Å². The molecule has 0 saturated carbocycles. The Balaban J connectivity index is 2.09. The summed E-state index contributed by atoms with van der Waals surface area (Å²) in [6, 6.07) is 12.0. The lowest BCUT2D eigenvalue weighted by Crippen LogP contribution is -2.16. The lowest BCUT2D eigenvalue weighted by atomic mass is 10.1. The van der Waals surface area contributed by atoms with Crippen molar-refractivity contribution in [2.75, 3.05) is 5.32 Å². The summed E-state index contributed by atoms with van der Waals surface area (Å²) in [5.74, 6) is -0.127. The molecular formula is C17H18N2O3. The molecule has 0 spiro atoms. The molecule has 0 heterocycles. The Morgan fingerprint density at radius 2 is 1.86 bits per heavy atom. The number of nitro groups is 1. The van der Waals surface area contributed by atoms with Gasteiger partial charge >= 0.3 is 0 Å². The van der Waals surface area contributed by atoms with Crippen molar-refractivity contribution in [1.82, 2.24) is 0 Å². The Kier molecular flexibility index (Phi) is 4.88. The quantitative estimate of drug-likeness (QED) is 0.676. The molecule has 114 valence electrons. The number of carbonyl (C=O) groups is 1. The summed E-state index contributed by atoms with van der Waals surface area (Å²) in [5, 5.41) is 13.6. The van der Waals surface area contributed by atoms with Crippen LogP contribution in [0.5, 0.6) is 0 Å². The van der Waals surface area contributed by atoms with Crippen molar-refractivity contribution in [2.24, 2.45) is 0 Å². The highest BCUT2D eigenvalue weighted by Crippen LogP contribution is 2.21. The average Bonchev–Trinajstić information content (AvgIpc) is 2.49. The van der Waals surface area contributed by atoms with Gasteiger partial charge in [-0.1, -0.05) is 37.3 Å². The summed E-state index contributed by atoms with van der Waals surface area (Å²) < 4.78 is 0. The molecule has 0 fully saturated rings. The first-order valence-electron chi connectivity index (χ1n) is 7.13. The number of amides is 1. The second-order valence-electron chi connectivity index (χ2n) is 5.11. The van der Waals surface area contributed by atoms with E-state index in [2.05, 4.69) is 5.32 Å². The molecule has 5 nitrogen and oxygen atoms in total. The van der Waals surface area contributed by atoms with E-state index >= 15 is 0 Å². The first-order valence-corrected chi connectivity index (χ1v) is 7.13. The van der Waals surface area contributed by atoms with Crippen LogP contribution in [0.25, 0.3) is 0 Å². The molecule has 2 rings (SSSR count). The number of hydrogen-bond donors (Lipinski definition) is 1. The number of para-hydroxylation sites is 1. The smallest absolute Gasteiger partial charge is 0.269 e. The van der Waals surface area contributed by atoms with Gasteiger partial charge in [0.2, 0.25) is 5.91 Å². The summed E-state index contributed by atoms with van der Waals surface area (Å²) in [6.45, 7) is 4.00. The topological polar surface area (TPSA) is 72.2 Å². The number of nitrogens with one attached hydrogen (secondary N) is 1. The Bertz CT molecular complexity index is 694. The molecule has 0 aromatic heterocycles. The van der Waals surface area contributed by atoms with Crippen LogP contribution in [0, 0.1) is 17.0 Å². The van der Waals surface area contributed by atoms with Gasteiger partial charge in [-0.2, -0.15) is 0 Å². The van der Waals surface area contributed by atoms with Crippen molar-refractivity contribution in [2.45, 2.75) is 26.7 Å². The Morgan fingerprint density at radius 3 is 2.45 bits per heavy atom. The van der Waals surface area contributed by atoms with Gasteiger partial charge in [-0.25, -0.2) is 0 Å². The predicted molar refractivity (Wildman–Crippen MR) is 86.0 cm³/mol. The molecule has 1 N–H and O–H groups in total. The molecule has 22 heavy (non-hydrogen) atoms. The molecule has 0 unspecified atom stereocenters. The van der Waals surface area contributed by atoms with Crippen LogP contribution in [-0.4, -0.2) is 10.8 Å². The van der Waals surface area contributed by atoms with Crippen molar-refractivity contribution in [3.63, 3.8) is 0 Å². The zero-order chi connectivity index (χ0) is 16.1. The fraction of sp³-hybridized carbons (Fsp3) is 0.235. The fourth-order valence-electron chi connectivity index (χ4n) is 2.31. The van der Waals surface area contributed by atoms with Crippen molar-refractivity contribution < 1.29 is 9.72 Å². The molecule has 0 bridgehead atoms. The van der Waals surface area contributed by atoms with E-state index in [1.54, 1.807) is 12.1 Å². The van der Waals surface area contributed by atoms with Crippen molar-refractivity contribution in [1.29, 1.82) is 0 Å². The highest BCUT2D eigenvalue weighted by Gasteiger charge is 2.10. The number of rotatable bonds is 5. The highest BCUT2D eigenvalue weighted by atomic mass is 16.6. The molecule has 2 aromatic rings. The van der Waals surface area contributed by atoms with Crippen molar-refractivity contribution >= 4 is 17.3 Å². The maximum absolute atomic E-state index is 12.2. The maximum atomic E-state index is 12.2. The van der Waals surface area contributed by atoms with Gasteiger partial charge in [0, 0.05) is 17.8 Å². The normalized spacial score (nSPS) is 10.3. The Hall–Kier alpha value is -2.69. The van der Waals surface area contributed by atoms with Gasteiger partial charge in [-0.3, -0.25) is 14.9 Å². The van der Waals surface area contributed by atoms with Crippen molar-refractivity contribution in [3.05, 3.63) is 69.3 Å². The summed E-state index contributed by atoms with van der Waals surface area (Å²) in [7, 11) is 0. The molecule has 0 aliphatic heterocycles. The lowest BCUT2D eigenvalue weighted by Gasteiger charge is -2.13. The molecule has 0 saturated heterocycles. The number of non-ortho nitro benzene ring substituents is 1. The molecule has 0 aliphatic carbocycles. The molecule has 0 radical (unpaired) electrons. The highest BCUT2D eigenvalue weighted by molar-refractivity contribution is 5.93. The standard InChI is InChI=1S/C17H18N2O3/c1-3-14-6-4-5-12(2)17(14)18-16(20)11-13-7-9-15(10-8-13)19(21)22/h4-10H,3,11H2,1-2H3,(H,18,20). The first kappa shape index (κ1) is 15.7. The van der Waals surface area contributed by atoms with Crippen LogP contribution in [0.4, 0.5) is 11.4 Å². The third kappa shape index (κ3) is 3.69. The number of anilines is 1. The van der Waals surface area contributed by atoms with Crippen LogP contribution in [0.2, 0.25) is 0 Å². The second kappa shape index (κ2) is 6.85. The van der Waals surface area contributed by atoms with E-state index in [0.717, 1.165) is 28.8 Å². The summed E-state index contributed by atoms with van der Waals surface area (Å²) in [4.78, 5) is 22.3. The van der Waals surface area contributed by atoms with Gasteiger partial charge in [-0.05, 0) is 30.0 Å². The van der Waals surface area contributed by atoms with Crippen LogP contribution in [0.15, 0.2) is 42.5 Å². The van der Waals surface area contributed by atoms with Crippen LogP contribution in [0.1, 0.15) is 23.6 Å². The summed E-state index contributed by atoms with van der Waals surface area (Å²) in [6.07, 6.45) is 1.03. The van der Waals surface area contributed by atoms with E-state index < -0.39 is 4.92 Å². The Morgan fingerprint density at radius 1 is 1.18 bits per heavy atom. The van der Waals surface area contributed by atoms with Crippen LogP contribution in [-0.2, 0) is 17.6 Å². The minimum Gasteiger partial charge on any atom is -0.325 e. The van der Waals surface area contributed by atoms with Crippen LogP contribution >= 0.6 is 0 Å². The zero-order valence-corrected chi connectivity index (χ0v) is 12.6. The van der Waals surface area contributed by atoms with Gasteiger partial charge in [0.15, 0.2) is 0 Å². The van der Waals surface area contributed by atoms with Gasteiger partial charge in [0.1, 0.15) is 0 Å². The zero-order valence-electron chi connectivity index (χ0n) is 12.6. The number of aryl methyl sites for hydroxylation is 2. The third-order valence-electron chi connectivity index (χ3n) is 3.52. The molecule has 5 heteroatoms. The minimum atomic E-state index is -0.454. The molecule has 1 amide bonds. The molecule has 2 aromatic carbocycles. The number of benzene rings is 2. The lowest BCUT2D eigenvalue weighted by molar-refractivity contribution is -0.384. The molecular weight excluding hydrogens is 280 g/mol. The van der Waals surface area contributed by atoms with Crippen molar-refractivity contribution in [3.8, 4) is 0 Å². The summed E-state index contributed by atoms with van der Waals surface area (Å²) in [5.41, 5.74) is 3.75. The predicted octanol–water partition coefficient (Wildman–Crippen LogP) is 3.65. The fourth-order valence-corrected chi connectivity index (χ4v) is 2.31. The molecule has 0 aliphatic rings. The van der Waals surface area contributed by atoms with E-state index in [-0.39, 0.29) is 18.0 Å². The number of carbonyl (C=O) groups excluding carboxylic acids is 1. The number of nitrogens with zero attached hydrogens (tertiary/aromatic N) is 1. The Labute approximate surface area is 129 Å². The maximum Gasteiger partial charge on any atom is 0.269 e. The second-order valence-corrected chi connectivity index (χ2v) is 5.11.